The molecule has 2 rings (SSSR count). The fraction of sp³-hybridized carbons (Fsp3) is 0.611. The van der Waals surface area contributed by atoms with Crippen molar-refractivity contribution in [1.82, 2.24) is 8.61 Å². The quantitative estimate of drug-likeness (QED) is 0.720. The van der Waals surface area contributed by atoms with E-state index in [0.717, 1.165) is 11.1 Å². The number of piperidine rings is 1. The van der Waals surface area contributed by atoms with Crippen molar-refractivity contribution in [2.75, 3.05) is 33.8 Å². The van der Waals surface area contributed by atoms with Gasteiger partial charge >= 0.3 is 5.97 Å². The summed E-state index contributed by atoms with van der Waals surface area (Å²) in [5, 5.41) is 0. The zero-order valence-electron chi connectivity index (χ0n) is 15.5. The maximum absolute atomic E-state index is 12.8. The van der Waals surface area contributed by atoms with Crippen LogP contribution in [-0.4, -0.2) is 56.8 Å². The zero-order valence-corrected chi connectivity index (χ0v) is 16.3. The third kappa shape index (κ3) is 4.22. The average molecular weight is 368 g/mol. The van der Waals surface area contributed by atoms with Gasteiger partial charge in [0.2, 0.25) is 0 Å². The number of benzene rings is 1. The van der Waals surface area contributed by atoms with E-state index in [-0.39, 0.29) is 19.1 Å². The van der Waals surface area contributed by atoms with Gasteiger partial charge < -0.3 is 4.74 Å². The standard InChI is InChI=1S/C18H28N2O4S/c1-5-24-17(21)18(13-16-10-7-6-9-15(16)2)11-8-12-20(14-18)25(22,23)19(3)4/h6-7,9-10H,5,8,11-14H2,1-4H3/t18-/m1/s1. The Labute approximate surface area is 150 Å². The Kier molecular flexibility index (Phi) is 6.24. The minimum Gasteiger partial charge on any atom is -0.466 e. The summed E-state index contributed by atoms with van der Waals surface area (Å²) >= 11 is 0. The molecule has 1 heterocycles. The summed E-state index contributed by atoms with van der Waals surface area (Å²) in [4.78, 5) is 12.8. The Bertz CT molecular complexity index is 718. The van der Waals surface area contributed by atoms with Crippen LogP contribution >= 0.6 is 0 Å². The van der Waals surface area contributed by atoms with Gasteiger partial charge in [0.05, 0.1) is 12.0 Å². The first-order valence-electron chi connectivity index (χ1n) is 8.62. The van der Waals surface area contributed by atoms with E-state index in [1.807, 2.05) is 31.2 Å². The molecule has 6 nitrogen and oxygen atoms in total. The largest absolute Gasteiger partial charge is 0.466 e. The van der Waals surface area contributed by atoms with Crippen molar-refractivity contribution >= 4 is 16.2 Å². The number of esters is 1. The smallest absolute Gasteiger partial charge is 0.313 e. The molecule has 0 aliphatic carbocycles. The molecule has 0 spiro atoms. The van der Waals surface area contributed by atoms with Crippen LogP contribution in [0.15, 0.2) is 24.3 Å². The maximum Gasteiger partial charge on any atom is 0.313 e. The van der Waals surface area contributed by atoms with Crippen molar-refractivity contribution in [2.45, 2.75) is 33.1 Å². The number of ether oxygens (including phenoxy) is 1. The highest BCUT2D eigenvalue weighted by atomic mass is 32.2. The van der Waals surface area contributed by atoms with Gasteiger partial charge in [0.1, 0.15) is 0 Å². The van der Waals surface area contributed by atoms with Crippen LogP contribution in [-0.2, 0) is 26.2 Å². The minimum atomic E-state index is -3.56. The van der Waals surface area contributed by atoms with Crippen molar-refractivity contribution in [3.63, 3.8) is 0 Å². The molecule has 1 aromatic rings. The molecular weight excluding hydrogens is 340 g/mol. The van der Waals surface area contributed by atoms with Crippen LogP contribution in [0, 0.1) is 12.3 Å². The second-order valence-corrected chi connectivity index (χ2v) is 8.97. The summed E-state index contributed by atoms with van der Waals surface area (Å²) in [5.74, 6) is -0.308. The monoisotopic (exact) mass is 368 g/mol. The summed E-state index contributed by atoms with van der Waals surface area (Å²) in [6.07, 6.45) is 1.75. The molecule has 1 aliphatic heterocycles. The SMILES string of the molecule is CCOC(=O)[C@@]1(Cc2ccccc2C)CCCN(S(=O)(=O)N(C)C)C1. The first-order chi connectivity index (χ1) is 11.7. The molecule has 7 heteroatoms. The molecular formula is C18H28N2O4S. The van der Waals surface area contributed by atoms with Gasteiger partial charge in [0.25, 0.3) is 10.2 Å². The van der Waals surface area contributed by atoms with Gasteiger partial charge in [-0.3, -0.25) is 4.79 Å². The molecule has 1 atom stereocenters. The highest BCUT2D eigenvalue weighted by Crippen LogP contribution is 2.37. The lowest BCUT2D eigenvalue weighted by Crippen LogP contribution is -2.53. The van der Waals surface area contributed by atoms with E-state index in [9.17, 15) is 13.2 Å². The molecule has 1 fully saturated rings. The summed E-state index contributed by atoms with van der Waals surface area (Å²) in [6, 6.07) is 7.90. The van der Waals surface area contributed by atoms with Crippen molar-refractivity contribution in [3.8, 4) is 0 Å². The number of nitrogens with zero attached hydrogens (tertiary/aromatic N) is 2. The van der Waals surface area contributed by atoms with Gasteiger partial charge in [-0.05, 0) is 44.2 Å². The highest BCUT2D eigenvalue weighted by Gasteiger charge is 2.46. The van der Waals surface area contributed by atoms with Gasteiger partial charge in [-0.2, -0.15) is 17.0 Å². The Morgan fingerprint density at radius 3 is 2.60 bits per heavy atom. The fourth-order valence-corrected chi connectivity index (χ4v) is 4.59. The van der Waals surface area contributed by atoms with Crippen LogP contribution in [0.3, 0.4) is 0 Å². The van der Waals surface area contributed by atoms with Gasteiger partial charge in [0, 0.05) is 27.2 Å². The van der Waals surface area contributed by atoms with Crippen LogP contribution in [0.2, 0.25) is 0 Å². The molecule has 1 saturated heterocycles. The van der Waals surface area contributed by atoms with Crippen molar-refractivity contribution in [3.05, 3.63) is 35.4 Å². The molecule has 0 bridgehead atoms. The van der Waals surface area contributed by atoms with E-state index < -0.39 is 15.6 Å². The number of carbonyl (C=O) groups is 1. The van der Waals surface area contributed by atoms with Crippen LogP contribution in [0.25, 0.3) is 0 Å². The summed E-state index contributed by atoms with van der Waals surface area (Å²) in [5.41, 5.74) is 1.31. The molecule has 25 heavy (non-hydrogen) atoms. The van der Waals surface area contributed by atoms with Gasteiger partial charge in [-0.1, -0.05) is 24.3 Å². The third-order valence-corrected chi connectivity index (χ3v) is 6.72. The first-order valence-corrected chi connectivity index (χ1v) is 10.0. The van der Waals surface area contributed by atoms with E-state index in [0.29, 0.717) is 25.8 Å². The Hall–Kier alpha value is -1.44. The van der Waals surface area contributed by atoms with E-state index >= 15 is 0 Å². The minimum absolute atomic E-state index is 0.153. The van der Waals surface area contributed by atoms with E-state index in [1.165, 1.54) is 22.7 Å². The van der Waals surface area contributed by atoms with Crippen molar-refractivity contribution in [1.29, 1.82) is 0 Å². The van der Waals surface area contributed by atoms with Crippen molar-refractivity contribution < 1.29 is 17.9 Å². The van der Waals surface area contributed by atoms with Crippen LogP contribution < -0.4 is 0 Å². The molecule has 1 aliphatic rings. The molecule has 0 radical (unpaired) electrons. The molecule has 0 saturated carbocycles. The maximum atomic E-state index is 12.8. The summed E-state index contributed by atoms with van der Waals surface area (Å²) in [7, 11) is -0.540. The lowest BCUT2D eigenvalue weighted by molar-refractivity contribution is -0.158. The van der Waals surface area contributed by atoms with Crippen LogP contribution in [0.5, 0.6) is 0 Å². The van der Waals surface area contributed by atoms with Gasteiger partial charge in [-0.25, -0.2) is 0 Å². The molecule has 0 N–H and O–H groups in total. The van der Waals surface area contributed by atoms with E-state index in [2.05, 4.69) is 0 Å². The Morgan fingerprint density at radius 1 is 1.32 bits per heavy atom. The van der Waals surface area contributed by atoms with E-state index in [4.69, 9.17) is 4.74 Å². The number of hydrogen-bond acceptors (Lipinski definition) is 4. The topological polar surface area (TPSA) is 66.9 Å². The summed E-state index contributed by atoms with van der Waals surface area (Å²) < 4.78 is 33.1. The predicted molar refractivity (Wildman–Crippen MR) is 97.4 cm³/mol. The molecule has 140 valence electrons. The second-order valence-electron chi connectivity index (χ2n) is 6.83. The number of rotatable bonds is 6. The third-order valence-electron chi connectivity index (χ3n) is 4.83. The van der Waals surface area contributed by atoms with E-state index in [1.54, 1.807) is 6.92 Å². The van der Waals surface area contributed by atoms with Gasteiger partial charge in [0.15, 0.2) is 0 Å². The lowest BCUT2D eigenvalue weighted by Gasteiger charge is -2.41. The fourth-order valence-electron chi connectivity index (χ4n) is 3.36. The first kappa shape index (κ1) is 19.9. The molecule has 0 unspecified atom stereocenters. The Morgan fingerprint density at radius 2 is 2.00 bits per heavy atom. The Balaban J connectivity index is 2.39. The second kappa shape index (κ2) is 7.85. The van der Waals surface area contributed by atoms with Crippen molar-refractivity contribution in [2.24, 2.45) is 5.41 Å². The van der Waals surface area contributed by atoms with Crippen LogP contribution in [0.1, 0.15) is 30.9 Å². The normalized spacial score (nSPS) is 22.1. The summed E-state index contributed by atoms with van der Waals surface area (Å²) in [6.45, 7) is 4.65. The molecule has 0 aromatic heterocycles. The average Bonchev–Trinajstić information content (AvgIpc) is 2.57. The predicted octanol–water partition coefficient (Wildman–Crippen LogP) is 1.99. The zero-order chi connectivity index (χ0) is 18.7. The molecule has 0 amide bonds. The number of aryl methyl sites for hydroxylation is 1. The van der Waals surface area contributed by atoms with Crippen LogP contribution in [0.4, 0.5) is 0 Å². The number of hydrogen-bond donors (Lipinski definition) is 0. The molecule has 1 aromatic carbocycles. The lowest BCUT2D eigenvalue weighted by atomic mass is 9.75. The number of carbonyl (C=O) groups excluding carboxylic acids is 1. The van der Waals surface area contributed by atoms with Gasteiger partial charge in [-0.15, -0.1) is 0 Å². The highest BCUT2D eigenvalue weighted by molar-refractivity contribution is 7.86.